The number of methoxy groups -OCH3 is 1. The van der Waals surface area contributed by atoms with Crippen molar-refractivity contribution in [2.45, 2.75) is 4.90 Å². The van der Waals surface area contributed by atoms with Gasteiger partial charge in [0.2, 0.25) is 10.0 Å². The fraction of sp³-hybridized carbons (Fsp3) is 0.455. The first-order chi connectivity index (χ1) is 8.97. The molecule has 0 spiro atoms. The molecule has 1 rings (SSSR count). The van der Waals surface area contributed by atoms with E-state index in [1.54, 1.807) is 0 Å². The van der Waals surface area contributed by atoms with Gasteiger partial charge < -0.3 is 14.9 Å². The molecule has 0 radical (unpaired) electrons. The summed E-state index contributed by atoms with van der Waals surface area (Å²) < 4.78 is 30.6. The van der Waals surface area contributed by atoms with Crippen LogP contribution in [0.4, 0.5) is 0 Å². The second-order valence-corrected chi connectivity index (χ2v) is 5.99. The van der Waals surface area contributed by atoms with Crippen LogP contribution < -0.4 is 4.74 Å². The first-order valence-electron chi connectivity index (χ1n) is 5.52. The summed E-state index contributed by atoms with van der Waals surface area (Å²) in [6, 6.07) is 4.07. The number of aliphatic hydroxyl groups excluding tert-OH is 2. The molecule has 0 aliphatic rings. The molecule has 0 saturated carbocycles. The van der Waals surface area contributed by atoms with E-state index in [0.29, 0.717) is 5.02 Å². The topological polar surface area (TPSA) is 87.1 Å². The molecule has 0 heterocycles. The van der Waals surface area contributed by atoms with Crippen LogP contribution >= 0.6 is 11.6 Å². The van der Waals surface area contributed by atoms with E-state index in [4.69, 9.17) is 26.6 Å². The number of benzene rings is 1. The molecule has 0 amide bonds. The van der Waals surface area contributed by atoms with E-state index in [2.05, 4.69) is 0 Å². The molecule has 2 N–H and O–H groups in total. The standard InChI is InChI=1S/C11H16ClNO5S/c1-18-11-8-9(2-3-10(11)12)19(16,17)13(4-6-14)5-7-15/h2-3,8,14-15H,4-7H2,1H3. The van der Waals surface area contributed by atoms with Crippen LogP contribution in [-0.4, -0.2) is 56.3 Å². The van der Waals surface area contributed by atoms with Crippen LogP contribution in [0.5, 0.6) is 5.75 Å². The van der Waals surface area contributed by atoms with Crippen molar-refractivity contribution in [3.05, 3.63) is 23.2 Å². The van der Waals surface area contributed by atoms with Gasteiger partial charge in [0.05, 0.1) is 30.2 Å². The highest BCUT2D eigenvalue weighted by atomic mass is 35.5. The van der Waals surface area contributed by atoms with E-state index >= 15 is 0 Å². The highest BCUT2D eigenvalue weighted by molar-refractivity contribution is 7.89. The van der Waals surface area contributed by atoms with Crippen LogP contribution in [-0.2, 0) is 10.0 Å². The molecule has 19 heavy (non-hydrogen) atoms. The number of rotatable bonds is 7. The molecule has 1 aromatic carbocycles. The van der Waals surface area contributed by atoms with Gasteiger partial charge in [-0.15, -0.1) is 0 Å². The maximum Gasteiger partial charge on any atom is 0.243 e. The Bertz CT molecular complexity index is 514. The fourth-order valence-electron chi connectivity index (χ4n) is 1.52. The Balaban J connectivity index is 3.17. The molecular weight excluding hydrogens is 294 g/mol. The first-order valence-corrected chi connectivity index (χ1v) is 7.34. The number of hydrogen-bond acceptors (Lipinski definition) is 5. The third kappa shape index (κ3) is 3.80. The Labute approximate surface area is 117 Å². The normalized spacial score (nSPS) is 11.8. The lowest BCUT2D eigenvalue weighted by Crippen LogP contribution is -2.35. The molecule has 0 saturated heterocycles. The minimum atomic E-state index is -3.80. The molecule has 6 nitrogen and oxygen atoms in total. The van der Waals surface area contributed by atoms with Crippen LogP contribution in [0.2, 0.25) is 5.02 Å². The lowest BCUT2D eigenvalue weighted by molar-refractivity contribution is 0.217. The van der Waals surface area contributed by atoms with Crippen LogP contribution in [0.25, 0.3) is 0 Å². The van der Waals surface area contributed by atoms with Crippen molar-refractivity contribution < 1.29 is 23.4 Å². The van der Waals surface area contributed by atoms with Gasteiger partial charge in [-0.2, -0.15) is 4.31 Å². The molecule has 0 aromatic heterocycles. The van der Waals surface area contributed by atoms with E-state index < -0.39 is 10.0 Å². The maximum atomic E-state index is 12.3. The van der Waals surface area contributed by atoms with Crippen LogP contribution in [0.1, 0.15) is 0 Å². The lowest BCUT2D eigenvalue weighted by Gasteiger charge is -2.20. The maximum absolute atomic E-state index is 12.3. The van der Waals surface area contributed by atoms with Gasteiger partial charge in [0.1, 0.15) is 5.75 Å². The average molecular weight is 310 g/mol. The van der Waals surface area contributed by atoms with E-state index in [-0.39, 0.29) is 36.9 Å². The van der Waals surface area contributed by atoms with Crippen molar-refractivity contribution in [2.24, 2.45) is 0 Å². The molecule has 1 aromatic rings. The fourth-order valence-corrected chi connectivity index (χ4v) is 3.16. The van der Waals surface area contributed by atoms with Crippen molar-refractivity contribution in [3.63, 3.8) is 0 Å². The van der Waals surface area contributed by atoms with Crippen LogP contribution in [0.15, 0.2) is 23.1 Å². The Morgan fingerprint density at radius 2 is 1.84 bits per heavy atom. The van der Waals surface area contributed by atoms with Gasteiger partial charge >= 0.3 is 0 Å². The van der Waals surface area contributed by atoms with Crippen molar-refractivity contribution in [3.8, 4) is 5.75 Å². The summed E-state index contributed by atoms with van der Waals surface area (Å²) in [5.74, 6) is 0.246. The SMILES string of the molecule is COc1cc(S(=O)(=O)N(CCO)CCO)ccc1Cl. The molecule has 0 aliphatic heterocycles. The lowest BCUT2D eigenvalue weighted by atomic mass is 10.3. The molecule has 0 bridgehead atoms. The van der Waals surface area contributed by atoms with Crippen LogP contribution in [0, 0.1) is 0 Å². The van der Waals surface area contributed by atoms with Gasteiger partial charge in [-0.1, -0.05) is 11.6 Å². The summed E-state index contributed by atoms with van der Waals surface area (Å²) >= 11 is 5.83. The van der Waals surface area contributed by atoms with Gasteiger partial charge in [0.25, 0.3) is 0 Å². The number of halogens is 1. The predicted molar refractivity (Wildman–Crippen MR) is 70.9 cm³/mol. The second kappa shape index (κ2) is 7.06. The van der Waals surface area contributed by atoms with Crippen molar-refractivity contribution in [1.82, 2.24) is 4.31 Å². The van der Waals surface area contributed by atoms with Crippen molar-refractivity contribution in [2.75, 3.05) is 33.4 Å². The Kier molecular flexibility index (Phi) is 6.02. The van der Waals surface area contributed by atoms with E-state index in [9.17, 15) is 8.42 Å². The monoisotopic (exact) mass is 309 g/mol. The smallest absolute Gasteiger partial charge is 0.243 e. The Morgan fingerprint density at radius 1 is 1.26 bits per heavy atom. The molecule has 108 valence electrons. The average Bonchev–Trinajstić information content (AvgIpc) is 2.38. The number of sulfonamides is 1. The summed E-state index contributed by atoms with van der Waals surface area (Å²) in [4.78, 5) is -0.00403. The van der Waals surface area contributed by atoms with Gasteiger partial charge in [-0.25, -0.2) is 8.42 Å². The number of hydrogen-bond donors (Lipinski definition) is 2. The van der Waals surface area contributed by atoms with Gasteiger partial charge in [-0.05, 0) is 12.1 Å². The zero-order chi connectivity index (χ0) is 14.5. The van der Waals surface area contributed by atoms with Gasteiger partial charge in [0, 0.05) is 19.2 Å². The van der Waals surface area contributed by atoms with Crippen molar-refractivity contribution in [1.29, 1.82) is 0 Å². The molecule has 0 unspecified atom stereocenters. The quantitative estimate of drug-likeness (QED) is 0.757. The zero-order valence-corrected chi connectivity index (χ0v) is 12.0. The summed E-state index contributed by atoms with van der Waals surface area (Å²) in [6.45, 7) is -0.838. The molecule has 0 atom stereocenters. The molecular formula is C11H16ClNO5S. The number of ether oxygens (including phenoxy) is 1. The second-order valence-electron chi connectivity index (χ2n) is 3.65. The Hall–Kier alpha value is -0.860. The zero-order valence-electron chi connectivity index (χ0n) is 10.4. The number of aliphatic hydroxyl groups is 2. The molecule has 0 aliphatic carbocycles. The minimum Gasteiger partial charge on any atom is -0.495 e. The molecule has 8 heteroatoms. The minimum absolute atomic E-state index is 0.00403. The summed E-state index contributed by atoms with van der Waals surface area (Å²) in [5.41, 5.74) is 0. The first kappa shape index (κ1) is 16.2. The number of nitrogens with zero attached hydrogens (tertiary/aromatic N) is 1. The third-order valence-electron chi connectivity index (χ3n) is 2.46. The van der Waals surface area contributed by atoms with E-state index in [0.717, 1.165) is 4.31 Å². The predicted octanol–water partition coefficient (Wildman–Crippen LogP) is 0.324. The van der Waals surface area contributed by atoms with Crippen molar-refractivity contribution >= 4 is 21.6 Å². The summed E-state index contributed by atoms with van der Waals surface area (Å²) in [5, 5.41) is 18.1. The van der Waals surface area contributed by atoms with Crippen LogP contribution in [0.3, 0.4) is 0 Å². The van der Waals surface area contributed by atoms with E-state index in [1.807, 2.05) is 0 Å². The van der Waals surface area contributed by atoms with Gasteiger partial charge in [0.15, 0.2) is 0 Å². The van der Waals surface area contributed by atoms with E-state index in [1.165, 1.54) is 25.3 Å². The Morgan fingerprint density at radius 3 is 2.32 bits per heavy atom. The highest BCUT2D eigenvalue weighted by Crippen LogP contribution is 2.28. The summed E-state index contributed by atoms with van der Waals surface area (Å²) in [7, 11) is -2.41. The third-order valence-corrected chi connectivity index (χ3v) is 4.67. The van der Waals surface area contributed by atoms with Gasteiger partial charge in [-0.3, -0.25) is 0 Å². The largest absolute Gasteiger partial charge is 0.495 e. The molecule has 0 fully saturated rings. The summed E-state index contributed by atoms with van der Waals surface area (Å²) in [6.07, 6.45) is 0. The highest BCUT2D eigenvalue weighted by Gasteiger charge is 2.24.